The van der Waals surface area contributed by atoms with Crippen LogP contribution >= 0.6 is 23.1 Å². The molecule has 0 saturated heterocycles. The van der Waals surface area contributed by atoms with Crippen LogP contribution < -0.4 is 9.64 Å². The number of ether oxygens (including phenoxy) is 1. The van der Waals surface area contributed by atoms with Crippen molar-refractivity contribution >= 4 is 34.1 Å². The maximum absolute atomic E-state index is 14.4. The highest BCUT2D eigenvalue weighted by Crippen LogP contribution is 2.37. The van der Waals surface area contributed by atoms with Crippen LogP contribution in [-0.4, -0.2) is 22.1 Å². The lowest BCUT2D eigenvalue weighted by Crippen LogP contribution is -2.30. The summed E-state index contributed by atoms with van der Waals surface area (Å²) in [6.07, 6.45) is 1.98. The molecule has 1 fully saturated rings. The standard InChI is InChI=1S/C20H17F2N3O2S2/c1-12(26)25(14-7-8-14)19-23-24-20(29-19)28-11-13-6-9-18(16(22)10-13)27-17-5-3-2-4-15(17)21/h2-6,9-10,14H,7-8,11H2,1H3. The molecule has 1 amide bonds. The van der Waals surface area contributed by atoms with Gasteiger partial charge in [0.2, 0.25) is 11.0 Å². The number of nitrogens with zero attached hydrogens (tertiary/aromatic N) is 3. The molecular weight excluding hydrogens is 416 g/mol. The zero-order chi connectivity index (χ0) is 20.4. The van der Waals surface area contributed by atoms with E-state index in [0.29, 0.717) is 15.2 Å². The molecule has 0 unspecified atom stereocenters. The van der Waals surface area contributed by atoms with E-state index in [9.17, 15) is 13.6 Å². The predicted molar refractivity (Wildman–Crippen MR) is 109 cm³/mol. The number of anilines is 1. The Morgan fingerprint density at radius 1 is 1.17 bits per heavy atom. The number of halogens is 2. The molecule has 4 rings (SSSR count). The van der Waals surface area contributed by atoms with Crippen LogP contribution in [0.2, 0.25) is 0 Å². The van der Waals surface area contributed by atoms with Crippen molar-refractivity contribution in [2.24, 2.45) is 0 Å². The Bertz CT molecular complexity index is 1040. The zero-order valence-electron chi connectivity index (χ0n) is 15.5. The largest absolute Gasteiger partial charge is 0.451 e. The summed E-state index contributed by atoms with van der Waals surface area (Å²) in [4.78, 5) is 13.5. The van der Waals surface area contributed by atoms with Gasteiger partial charge in [-0.25, -0.2) is 8.78 Å². The van der Waals surface area contributed by atoms with Gasteiger partial charge in [-0.15, -0.1) is 10.2 Å². The van der Waals surface area contributed by atoms with E-state index in [4.69, 9.17) is 4.74 Å². The summed E-state index contributed by atoms with van der Waals surface area (Å²) in [6, 6.07) is 10.6. The van der Waals surface area contributed by atoms with Gasteiger partial charge in [-0.2, -0.15) is 0 Å². The number of thioether (sulfide) groups is 1. The first-order valence-corrected chi connectivity index (χ1v) is 10.8. The van der Waals surface area contributed by atoms with Crippen LogP contribution in [0.1, 0.15) is 25.3 Å². The molecule has 2 aromatic carbocycles. The number of aromatic nitrogens is 2. The van der Waals surface area contributed by atoms with Gasteiger partial charge in [-0.1, -0.05) is 41.3 Å². The number of rotatable bonds is 7. The molecule has 3 aromatic rings. The van der Waals surface area contributed by atoms with Gasteiger partial charge in [0.1, 0.15) is 0 Å². The highest BCUT2D eigenvalue weighted by molar-refractivity contribution is 8.00. The summed E-state index contributed by atoms with van der Waals surface area (Å²) < 4.78 is 34.1. The predicted octanol–water partition coefficient (Wildman–Crippen LogP) is 5.42. The summed E-state index contributed by atoms with van der Waals surface area (Å²) in [5, 5.41) is 8.85. The van der Waals surface area contributed by atoms with Crippen LogP contribution in [0, 0.1) is 11.6 Å². The zero-order valence-corrected chi connectivity index (χ0v) is 17.1. The van der Waals surface area contributed by atoms with Crippen molar-refractivity contribution in [3.63, 3.8) is 0 Å². The van der Waals surface area contributed by atoms with E-state index < -0.39 is 11.6 Å². The van der Waals surface area contributed by atoms with Gasteiger partial charge in [0, 0.05) is 18.7 Å². The quantitative estimate of drug-likeness (QED) is 0.368. The SMILES string of the molecule is CC(=O)N(c1nnc(SCc2ccc(Oc3ccccc3F)c(F)c2)s1)C1CC1. The molecule has 0 spiro atoms. The number of hydrogen-bond donors (Lipinski definition) is 0. The van der Waals surface area contributed by atoms with Gasteiger partial charge in [0.15, 0.2) is 27.5 Å². The van der Waals surface area contributed by atoms with Crippen LogP contribution in [-0.2, 0) is 10.5 Å². The second kappa shape index (κ2) is 8.46. The Balaban J connectivity index is 1.40. The van der Waals surface area contributed by atoms with Crippen molar-refractivity contribution in [1.29, 1.82) is 0 Å². The lowest BCUT2D eigenvalue weighted by atomic mass is 10.2. The number of carbonyl (C=O) groups is 1. The fourth-order valence-corrected chi connectivity index (χ4v) is 4.65. The smallest absolute Gasteiger partial charge is 0.225 e. The lowest BCUT2D eigenvalue weighted by Gasteiger charge is -2.15. The lowest BCUT2D eigenvalue weighted by molar-refractivity contribution is -0.116. The average molecular weight is 434 g/mol. The van der Waals surface area contributed by atoms with E-state index in [-0.39, 0.29) is 23.4 Å². The molecule has 1 saturated carbocycles. The average Bonchev–Trinajstić information content (AvgIpc) is 3.41. The molecule has 0 bridgehead atoms. The molecule has 9 heteroatoms. The van der Waals surface area contributed by atoms with E-state index in [1.165, 1.54) is 60.4 Å². The maximum atomic E-state index is 14.4. The van der Waals surface area contributed by atoms with Gasteiger partial charge in [-0.05, 0) is 42.7 Å². The van der Waals surface area contributed by atoms with Gasteiger partial charge < -0.3 is 4.74 Å². The van der Waals surface area contributed by atoms with E-state index in [2.05, 4.69) is 10.2 Å². The monoisotopic (exact) mass is 433 g/mol. The molecule has 5 nitrogen and oxygen atoms in total. The molecule has 150 valence electrons. The van der Waals surface area contributed by atoms with E-state index in [1.54, 1.807) is 17.0 Å². The summed E-state index contributed by atoms with van der Waals surface area (Å²) in [5.41, 5.74) is 0.732. The van der Waals surface area contributed by atoms with Crippen molar-refractivity contribution in [3.05, 3.63) is 59.7 Å². The van der Waals surface area contributed by atoms with Crippen LogP contribution in [0.5, 0.6) is 11.5 Å². The summed E-state index contributed by atoms with van der Waals surface area (Å²) in [6.45, 7) is 1.53. The van der Waals surface area contributed by atoms with Crippen molar-refractivity contribution in [1.82, 2.24) is 10.2 Å². The van der Waals surface area contributed by atoms with Crippen LogP contribution in [0.15, 0.2) is 46.8 Å². The molecule has 29 heavy (non-hydrogen) atoms. The molecular formula is C20H17F2N3O2S2. The van der Waals surface area contributed by atoms with Gasteiger partial charge >= 0.3 is 0 Å². The minimum Gasteiger partial charge on any atom is -0.451 e. The van der Waals surface area contributed by atoms with Crippen LogP contribution in [0.3, 0.4) is 0 Å². The first kappa shape index (κ1) is 19.8. The van der Waals surface area contributed by atoms with Crippen molar-refractivity contribution < 1.29 is 18.3 Å². The highest BCUT2D eigenvalue weighted by atomic mass is 32.2. The van der Waals surface area contributed by atoms with E-state index in [1.807, 2.05) is 0 Å². The van der Waals surface area contributed by atoms with Crippen molar-refractivity contribution in [3.8, 4) is 11.5 Å². The molecule has 1 aliphatic rings. The fourth-order valence-electron chi connectivity index (χ4n) is 2.75. The van der Waals surface area contributed by atoms with Crippen molar-refractivity contribution in [2.45, 2.75) is 35.9 Å². The summed E-state index contributed by atoms with van der Waals surface area (Å²) >= 11 is 2.77. The molecule has 0 radical (unpaired) electrons. The van der Waals surface area contributed by atoms with Crippen LogP contribution in [0.25, 0.3) is 0 Å². The first-order chi connectivity index (χ1) is 14.0. The van der Waals surface area contributed by atoms with Crippen LogP contribution in [0.4, 0.5) is 13.9 Å². The van der Waals surface area contributed by atoms with Gasteiger partial charge in [-0.3, -0.25) is 9.69 Å². The number of hydrogen-bond acceptors (Lipinski definition) is 6. The molecule has 1 aromatic heterocycles. The molecule has 0 aliphatic heterocycles. The van der Waals surface area contributed by atoms with E-state index >= 15 is 0 Å². The third-order valence-corrected chi connectivity index (χ3v) is 6.40. The molecule has 1 aliphatic carbocycles. The Labute approximate surface area is 174 Å². The second-order valence-corrected chi connectivity index (χ2v) is 8.74. The van der Waals surface area contributed by atoms with Gasteiger partial charge in [0.25, 0.3) is 0 Å². The Morgan fingerprint density at radius 2 is 1.93 bits per heavy atom. The molecule has 1 heterocycles. The van der Waals surface area contributed by atoms with E-state index in [0.717, 1.165) is 18.4 Å². The Morgan fingerprint density at radius 3 is 2.62 bits per heavy atom. The maximum Gasteiger partial charge on any atom is 0.225 e. The number of carbonyl (C=O) groups excluding carboxylic acids is 1. The summed E-state index contributed by atoms with van der Waals surface area (Å²) in [5.74, 6) is -0.739. The molecule has 0 atom stereocenters. The van der Waals surface area contributed by atoms with Crippen molar-refractivity contribution in [2.75, 3.05) is 4.90 Å². The number of benzene rings is 2. The highest BCUT2D eigenvalue weighted by Gasteiger charge is 2.34. The minimum absolute atomic E-state index is 0.0272. The first-order valence-electron chi connectivity index (χ1n) is 8.98. The fraction of sp³-hybridized carbons (Fsp3) is 0.250. The Hall–Kier alpha value is -2.52. The van der Waals surface area contributed by atoms with Gasteiger partial charge in [0.05, 0.1) is 0 Å². The summed E-state index contributed by atoms with van der Waals surface area (Å²) in [7, 11) is 0. The minimum atomic E-state index is -0.569. The molecule has 0 N–H and O–H groups in total. The number of amides is 1. The second-order valence-electron chi connectivity index (χ2n) is 6.56. The topological polar surface area (TPSA) is 55.3 Å². The third-order valence-electron chi connectivity index (χ3n) is 4.27. The Kier molecular flexibility index (Phi) is 5.77. The third kappa shape index (κ3) is 4.73. The number of para-hydroxylation sites is 1. The normalized spacial score (nSPS) is 13.3.